The maximum absolute atomic E-state index is 12.0. The summed E-state index contributed by atoms with van der Waals surface area (Å²) in [7, 11) is 0. The Morgan fingerprint density at radius 2 is 2.10 bits per heavy atom. The Kier molecular flexibility index (Phi) is 3.96. The zero-order valence-electron chi connectivity index (χ0n) is 12.2. The van der Waals surface area contributed by atoms with Crippen molar-refractivity contribution in [3.05, 3.63) is 47.5 Å². The van der Waals surface area contributed by atoms with Gasteiger partial charge in [-0.25, -0.2) is 4.79 Å². The topological polar surface area (TPSA) is 29.5 Å². The fourth-order valence-corrected chi connectivity index (χ4v) is 3.08. The van der Waals surface area contributed by atoms with Crippen LogP contribution in [0.4, 0.5) is 4.79 Å². The molecule has 1 saturated heterocycles. The van der Waals surface area contributed by atoms with Crippen molar-refractivity contribution in [1.29, 1.82) is 0 Å². The lowest BCUT2D eigenvalue weighted by atomic mass is 10.0. The second kappa shape index (κ2) is 6.05. The number of carbonyl (C=O) groups is 1. The molecule has 0 saturated carbocycles. The van der Waals surface area contributed by atoms with Crippen molar-refractivity contribution in [2.24, 2.45) is 0 Å². The van der Waals surface area contributed by atoms with Crippen LogP contribution in [0.1, 0.15) is 31.7 Å². The first-order valence-corrected chi connectivity index (χ1v) is 7.51. The third kappa shape index (κ3) is 2.95. The van der Waals surface area contributed by atoms with E-state index in [4.69, 9.17) is 4.74 Å². The van der Waals surface area contributed by atoms with Gasteiger partial charge in [-0.1, -0.05) is 36.1 Å². The van der Waals surface area contributed by atoms with E-state index in [-0.39, 0.29) is 18.2 Å². The molecule has 3 nitrogen and oxygen atoms in total. The Balaban J connectivity index is 1.75. The number of fused-ring (bicyclic) bond motifs is 2. The minimum Gasteiger partial charge on any atom is -0.450 e. The predicted molar refractivity (Wildman–Crippen MR) is 81.7 cm³/mol. The van der Waals surface area contributed by atoms with Crippen molar-refractivity contribution in [1.82, 2.24) is 4.90 Å². The number of carbonyl (C=O) groups excluding carboxylic acids is 1. The Morgan fingerprint density at radius 1 is 1.29 bits per heavy atom. The molecule has 0 radical (unpaired) electrons. The van der Waals surface area contributed by atoms with Crippen molar-refractivity contribution in [2.75, 3.05) is 6.61 Å². The van der Waals surface area contributed by atoms with Gasteiger partial charge >= 0.3 is 6.09 Å². The van der Waals surface area contributed by atoms with Crippen LogP contribution in [0.3, 0.4) is 0 Å². The Bertz CT molecular complexity index is 609. The van der Waals surface area contributed by atoms with Gasteiger partial charge in [-0.2, -0.15) is 0 Å². The van der Waals surface area contributed by atoms with Crippen LogP contribution in [0, 0.1) is 11.8 Å². The van der Waals surface area contributed by atoms with Gasteiger partial charge in [0, 0.05) is 23.6 Å². The van der Waals surface area contributed by atoms with E-state index < -0.39 is 0 Å². The number of amides is 1. The van der Waals surface area contributed by atoms with E-state index in [1.54, 1.807) is 0 Å². The summed E-state index contributed by atoms with van der Waals surface area (Å²) in [5, 5.41) is 0. The number of nitrogens with zero attached hydrogens (tertiary/aromatic N) is 1. The van der Waals surface area contributed by atoms with Crippen LogP contribution in [0.25, 0.3) is 0 Å². The maximum Gasteiger partial charge on any atom is 0.410 e. The van der Waals surface area contributed by atoms with E-state index in [2.05, 4.69) is 17.9 Å². The van der Waals surface area contributed by atoms with Crippen LogP contribution in [-0.2, 0) is 4.74 Å². The summed E-state index contributed by atoms with van der Waals surface area (Å²) in [4.78, 5) is 13.9. The van der Waals surface area contributed by atoms with Gasteiger partial charge < -0.3 is 4.74 Å². The highest BCUT2D eigenvalue weighted by Crippen LogP contribution is 2.35. The van der Waals surface area contributed by atoms with E-state index in [9.17, 15) is 4.79 Å². The molecular weight excluding hydrogens is 262 g/mol. The van der Waals surface area contributed by atoms with Crippen LogP contribution < -0.4 is 0 Å². The predicted octanol–water partition coefficient (Wildman–Crippen LogP) is 3.36. The molecule has 108 valence electrons. The molecule has 2 heterocycles. The first-order valence-electron chi connectivity index (χ1n) is 7.51. The Hall–Kier alpha value is -2.21. The minimum absolute atomic E-state index is 0.155. The molecule has 1 aromatic rings. The third-order valence-electron chi connectivity index (χ3n) is 4.02. The molecule has 1 aromatic carbocycles. The zero-order chi connectivity index (χ0) is 14.7. The maximum atomic E-state index is 12.0. The fourth-order valence-electron chi connectivity index (χ4n) is 3.08. The van der Waals surface area contributed by atoms with E-state index >= 15 is 0 Å². The summed E-state index contributed by atoms with van der Waals surface area (Å²) >= 11 is 0. The molecule has 0 aliphatic carbocycles. The van der Waals surface area contributed by atoms with Crippen molar-refractivity contribution >= 4 is 6.09 Å². The smallest absolute Gasteiger partial charge is 0.410 e. The summed E-state index contributed by atoms with van der Waals surface area (Å²) in [5.74, 6) is 6.46. The molecule has 21 heavy (non-hydrogen) atoms. The first-order chi connectivity index (χ1) is 10.3. The molecule has 0 aromatic heterocycles. The van der Waals surface area contributed by atoms with Crippen LogP contribution in [0.5, 0.6) is 0 Å². The van der Waals surface area contributed by atoms with Gasteiger partial charge in [0.25, 0.3) is 0 Å². The highest BCUT2D eigenvalue weighted by molar-refractivity contribution is 5.70. The number of rotatable bonds is 1. The number of ether oxygens (including phenoxy) is 1. The van der Waals surface area contributed by atoms with Crippen molar-refractivity contribution in [2.45, 2.75) is 38.3 Å². The van der Waals surface area contributed by atoms with Crippen molar-refractivity contribution in [3.63, 3.8) is 0 Å². The van der Waals surface area contributed by atoms with Crippen LogP contribution in [0.15, 0.2) is 42.0 Å². The SMILES string of the molecule is CCOC(=O)N1[C@H]2CC[C@@H]1C=C(C#Cc1ccccc1)C2. The summed E-state index contributed by atoms with van der Waals surface area (Å²) in [6, 6.07) is 10.4. The molecule has 0 N–H and O–H groups in total. The van der Waals surface area contributed by atoms with Crippen LogP contribution in [0.2, 0.25) is 0 Å². The van der Waals surface area contributed by atoms with Gasteiger partial charge in [-0.15, -0.1) is 0 Å². The van der Waals surface area contributed by atoms with Crippen molar-refractivity contribution in [3.8, 4) is 11.8 Å². The average molecular weight is 281 g/mol. The number of benzene rings is 1. The second-order valence-corrected chi connectivity index (χ2v) is 5.42. The largest absolute Gasteiger partial charge is 0.450 e. The number of hydrogen-bond acceptors (Lipinski definition) is 2. The van der Waals surface area contributed by atoms with E-state index in [0.29, 0.717) is 6.61 Å². The lowest BCUT2D eigenvalue weighted by Crippen LogP contribution is -2.43. The molecule has 3 rings (SSSR count). The molecule has 3 heteroatoms. The zero-order valence-corrected chi connectivity index (χ0v) is 12.2. The quantitative estimate of drug-likeness (QED) is 0.739. The lowest BCUT2D eigenvalue weighted by Gasteiger charge is -2.31. The molecule has 2 aliphatic rings. The molecule has 2 bridgehead atoms. The number of hydrogen-bond donors (Lipinski definition) is 0. The molecule has 0 spiro atoms. The highest BCUT2D eigenvalue weighted by atomic mass is 16.6. The third-order valence-corrected chi connectivity index (χ3v) is 4.02. The van der Waals surface area contributed by atoms with Gasteiger partial charge in [-0.05, 0) is 31.9 Å². The molecule has 0 unspecified atom stereocenters. The molecular formula is C18H19NO2. The molecule has 1 amide bonds. The normalized spacial score (nSPS) is 23.1. The van der Waals surface area contributed by atoms with Crippen LogP contribution >= 0.6 is 0 Å². The standard InChI is InChI=1S/C18H19NO2/c1-2-21-18(20)19-16-10-11-17(19)13-15(12-16)9-8-14-6-4-3-5-7-14/h3-7,12,16-17H,2,10-11,13H2,1H3/t16-,17+/m1/s1. The molecule has 1 fully saturated rings. The summed E-state index contributed by atoms with van der Waals surface area (Å²) < 4.78 is 5.15. The first kappa shape index (κ1) is 13.8. The minimum atomic E-state index is -0.184. The average Bonchev–Trinajstić information content (AvgIpc) is 2.78. The van der Waals surface area contributed by atoms with Gasteiger partial charge in [0.2, 0.25) is 0 Å². The van der Waals surface area contributed by atoms with Gasteiger partial charge in [-0.3, -0.25) is 4.90 Å². The van der Waals surface area contributed by atoms with E-state index in [1.165, 1.54) is 0 Å². The van der Waals surface area contributed by atoms with Gasteiger partial charge in [0.15, 0.2) is 0 Å². The summed E-state index contributed by atoms with van der Waals surface area (Å²) in [5.41, 5.74) is 2.17. The Labute approximate surface area is 125 Å². The highest BCUT2D eigenvalue weighted by Gasteiger charge is 2.40. The Morgan fingerprint density at radius 3 is 2.81 bits per heavy atom. The molecule has 2 atom stereocenters. The van der Waals surface area contributed by atoms with Gasteiger partial charge in [0.1, 0.15) is 0 Å². The molecule has 2 aliphatic heterocycles. The lowest BCUT2D eigenvalue weighted by molar-refractivity contribution is 0.0920. The van der Waals surface area contributed by atoms with Crippen LogP contribution in [-0.4, -0.2) is 29.7 Å². The van der Waals surface area contributed by atoms with E-state index in [1.807, 2.05) is 42.2 Å². The van der Waals surface area contributed by atoms with Crippen molar-refractivity contribution < 1.29 is 9.53 Å². The monoisotopic (exact) mass is 281 g/mol. The van der Waals surface area contributed by atoms with Gasteiger partial charge in [0.05, 0.1) is 12.6 Å². The summed E-state index contributed by atoms with van der Waals surface area (Å²) in [6.07, 6.45) is 4.85. The second-order valence-electron chi connectivity index (χ2n) is 5.42. The van der Waals surface area contributed by atoms with E-state index in [0.717, 1.165) is 30.4 Å². The summed E-state index contributed by atoms with van der Waals surface area (Å²) in [6.45, 7) is 2.27. The fraction of sp³-hybridized carbons (Fsp3) is 0.389.